The van der Waals surface area contributed by atoms with Crippen molar-refractivity contribution in [2.45, 2.75) is 56.1 Å². The molecule has 42 heavy (non-hydrogen) atoms. The Labute approximate surface area is 243 Å². The van der Waals surface area contributed by atoms with Crippen LogP contribution >= 0.6 is 0 Å². The van der Waals surface area contributed by atoms with E-state index in [1.54, 1.807) is 12.1 Å². The smallest absolute Gasteiger partial charge is 0.319 e. The molecule has 0 radical (unpaired) electrons. The summed E-state index contributed by atoms with van der Waals surface area (Å²) in [4.78, 5) is 19.0. The van der Waals surface area contributed by atoms with Crippen molar-refractivity contribution >= 4 is 27.5 Å². The summed E-state index contributed by atoms with van der Waals surface area (Å²) in [5, 5.41) is 16.5. The Morgan fingerprint density at radius 2 is 1.88 bits per heavy atom. The summed E-state index contributed by atoms with van der Waals surface area (Å²) in [5.41, 5.74) is 1.94. The molecule has 0 aliphatic carbocycles. The second kappa shape index (κ2) is 9.79. The molecule has 0 saturated carbocycles. The molecule has 2 aromatic carbocycles. The van der Waals surface area contributed by atoms with Gasteiger partial charge in [0.05, 0.1) is 22.8 Å². The van der Waals surface area contributed by atoms with Gasteiger partial charge in [-0.2, -0.15) is 9.97 Å². The number of aromatic hydroxyl groups is 1. The van der Waals surface area contributed by atoms with E-state index in [1.165, 1.54) is 6.20 Å². The molecule has 8 rings (SSSR count). The summed E-state index contributed by atoms with van der Waals surface area (Å²) < 4.78 is 22.1. The molecule has 8 nitrogen and oxygen atoms in total. The van der Waals surface area contributed by atoms with Crippen LogP contribution in [0, 0.1) is 18.2 Å². The first-order chi connectivity index (χ1) is 20.5. The number of phenols is 1. The predicted molar refractivity (Wildman–Crippen MR) is 160 cm³/mol. The Morgan fingerprint density at radius 3 is 2.64 bits per heavy atom. The number of piperazine rings is 1. The normalized spacial score (nSPS) is 23.0. The van der Waals surface area contributed by atoms with Gasteiger partial charge in [-0.05, 0) is 75.2 Å². The van der Waals surface area contributed by atoms with Gasteiger partial charge in [0.2, 0.25) is 0 Å². The summed E-state index contributed by atoms with van der Waals surface area (Å²) >= 11 is 0. The van der Waals surface area contributed by atoms with Crippen LogP contribution in [0.25, 0.3) is 32.9 Å². The van der Waals surface area contributed by atoms with Crippen LogP contribution in [0.1, 0.15) is 44.1 Å². The van der Waals surface area contributed by atoms with Crippen LogP contribution in [0.15, 0.2) is 36.5 Å². The maximum Gasteiger partial charge on any atom is 0.319 e. The number of hydrogen-bond acceptors (Lipinski definition) is 8. The van der Waals surface area contributed by atoms with E-state index in [2.05, 4.69) is 31.0 Å². The molecule has 2 aromatic heterocycles. The van der Waals surface area contributed by atoms with E-state index in [0.717, 1.165) is 75.5 Å². The lowest BCUT2D eigenvalue weighted by Crippen LogP contribution is -2.51. The summed E-state index contributed by atoms with van der Waals surface area (Å²) in [7, 11) is 0. The van der Waals surface area contributed by atoms with Crippen molar-refractivity contribution in [2.75, 3.05) is 37.7 Å². The zero-order valence-electron chi connectivity index (χ0n) is 23.4. The molecule has 0 spiro atoms. The number of rotatable bonds is 5. The van der Waals surface area contributed by atoms with Crippen LogP contribution in [0.4, 0.5) is 10.2 Å². The molecule has 9 heteroatoms. The Kier molecular flexibility index (Phi) is 5.99. The maximum atomic E-state index is 15.7. The zero-order chi connectivity index (χ0) is 28.4. The number of phenolic OH excluding ortho intramolecular Hbond substituents is 1. The van der Waals surface area contributed by atoms with Gasteiger partial charge in [0.1, 0.15) is 23.7 Å². The van der Waals surface area contributed by atoms with Crippen molar-refractivity contribution in [3.05, 3.63) is 47.9 Å². The third-order valence-electron chi connectivity index (χ3n) is 9.81. The molecule has 4 saturated heterocycles. The number of hydrogen-bond donors (Lipinski definition) is 2. The molecular formula is C33H33FN6O2. The fourth-order valence-corrected chi connectivity index (χ4v) is 7.91. The van der Waals surface area contributed by atoms with E-state index in [0.29, 0.717) is 46.7 Å². The lowest BCUT2D eigenvalue weighted by Gasteiger charge is -2.35. The third kappa shape index (κ3) is 4.08. The number of fused-ring (bicyclic) bond motifs is 5. The first kappa shape index (κ1) is 25.7. The van der Waals surface area contributed by atoms with Gasteiger partial charge in [-0.3, -0.25) is 9.88 Å². The molecule has 0 amide bonds. The number of aromatic nitrogens is 3. The number of halogens is 1. The molecule has 0 unspecified atom stereocenters. The molecule has 2 N–H and O–H groups in total. The number of ether oxygens (including phenoxy) is 1. The summed E-state index contributed by atoms with van der Waals surface area (Å²) in [6, 6.07) is 9.81. The Morgan fingerprint density at radius 1 is 1.10 bits per heavy atom. The molecule has 214 valence electrons. The molecule has 2 bridgehead atoms. The molecule has 4 aliphatic rings. The topological polar surface area (TPSA) is 86.6 Å². The minimum absolute atomic E-state index is 0.0146. The Bertz CT molecular complexity index is 1750. The van der Waals surface area contributed by atoms with Gasteiger partial charge in [-0.15, -0.1) is 6.42 Å². The average molecular weight is 565 g/mol. The Hall–Kier alpha value is -4.00. The van der Waals surface area contributed by atoms with Gasteiger partial charge in [0, 0.05) is 41.7 Å². The highest BCUT2D eigenvalue weighted by Crippen LogP contribution is 2.42. The van der Waals surface area contributed by atoms with E-state index >= 15 is 4.39 Å². The predicted octanol–water partition coefficient (Wildman–Crippen LogP) is 4.62. The van der Waals surface area contributed by atoms with E-state index in [4.69, 9.17) is 16.1 Å². The summed E-state index contributed by atoms with van der Waals surface area (Å²) in [5.74, 6) is 2.91. The summed E-state index contributed by atoms with van der Waals surface area (Å²) in [6.45, 7) is 4.17. The molecule has 4 fully saturated rings. The average Bonchev–Trinajstić information content (AvgIpc) is 3.68. The van der Waals surface area contributed by atoms with Crippen molar-refractivity contribution < 1.29 is 14.2 Å². The van der Waals surface area contributed by atoms with E-state index in [1.807, 2.05) is 18.2 Å². The highest BCUT2D eigenvalue weighted by Gasteiger charge is 2.45. The van der Waals surface area contributed by atoms with Gasteiger partial charge in [-0.25, -0.2) is 4.39 Å². The lowest BCUT2D eigenvalue weighted by atomic mass is 9.95. The van der Waals surface area contributed by atoms with Crippen molar-refractivity contribution in [3.63, 3.8) is 0 Å². The van der Waals surface area contributed by atoms with Gasteiger partial charge in [-0.1, -0.05) is 18.1 Å². The molecule has 6 heterocycles. The monoisotopic (exact) mass is 564 g/mol. The van der Waals surface area contributed by atoms with Crippen LogP contribution in [-0.2, 0) is 0 Å². The fourth-order valence-electron chi connectivity index (χ4n) is 7.91. The standard InChI is InChI=1S/C33H33FN6O2/c1-2-20-6-3-7-21-14-24(41)15-25(27(20)21)29-28-30(26(34)16-35-29)37-32(42-19-33-10-4-12-40(33)13-5-11-33)38-31(28)39-17-22-8-9-23(18-39)36-22/h1,3,6-7,14-16,22-23,36,41H,4-5,8-13,17-19H2/t22-,23+. The van der Waals surface area contributed by atoms with E-state index in [-0.39, 0.29) is 22.8 Å². The first-order valence-electron chi connectivity index (χ1n) is 15.0. The van der Waals surface area contributed by atoms with Crippen molar-refractivity contribution in [2.24, 2.45) is 0 Å². The van der Waals surface area contributed by atoms with Gasteiger partial charge < -0.3 is 20.1 Å². The highest BCUT2D eigenvalue weighted by molar-refractivity contribution is 6.09. The van der Waals surface area contributed by atoms with Crippen LogP contribution < -0.4 is 15.0 Å². The highest BCUT2D eigenvalue weighted by atomic mass is 19.1. The lowest BCUT2D eigenvalue weighted by molar-refractivity contribution is 0.108. The number of nitrogens with one attached hydrogen (secondary N) is 1. The largest absolute Gasteiger partial charge is 0.508 e. The van der Waals surface area contributed by atoms with Crippen molar-refractivity contribution in [1.29, 1.82) is 0 Å². The van der Waals surface area contributed by atoms with Gasteiger partial charge in [0.25, 0.3) is 0 Å². The molecular weight excluding hydrogens is 531 g/mol. The van der Waals surface area contributed by atoms with E-state index in [9.17, 15) is 5.11 Å². The molecule has 2 atom stereocenters. The number of anilines is 1. The zero-order valence-corrected chi connectivity index (χ0v) is 23.4. The molecule has 4 aromatic rings. The van der Waals surface area contributed by atoms with E-state index < -0.39 is 5.82 Å². The van der Waals surface area contributed by atoms with Gasteiger partial charge in [0.15, 0.2) is 5.82 Å². The second-order valence-corrected chi connectivity index (χ2v) is 12.3. The number of pyridine rings is 1. The van der Waals surface area contributed by atoms with Crippen molar-refractivity contribution in [1.82, 2.24) is 25.2 Å². The SMILES string of the molecule is C#Cc1cccc2cc(O)cc(-c3ncc(F)c4nc(OCC56CCCN5CCC6)nc(N5C[C@H]6CC[C@@H](C5)N6)c34)c12. The van der Waals surface area contributed by atoms with Crippen LogP contribution in [0.2, 0.25) is 0 Å². The van der Waals surface area contributed by atoms with Crippen LogP contribution in [0.5, 0.6) is 11.8 Å². The minimum atomic E-state index is -0.538. The van der Waals surface area contributed by atoms with Crippen LogP contribution in [0.3, 0.4) is 0 Å². The summed E-state index contributed by atoms with van der Waals surface area (Å²) in [6.07, 6.45) is 13.8. The third-order valence-corrected chi connectivity index (χ3v) is 9.81. The van der Waals surface area contributed by atoms with Crippen LogP contribution in [-0.4, -0.2) is 75.4 Å². The van der Waals surface area contributed by atoms with Crippen molar-refractivity contribution in [3.8, 4) is 35.4 Å². The second-order valence-electron chi connectivity index (χ2n) is 12.3. The fraction of sp³-hybridized carbons (Fsp3) is 0.424. The maximum absolute atomic E-state index is 15.7. The first-order valence-corrected chi connectivity index (χ1v) is 15.0. The van der Waals surface area contributed by atoms with Gasteiger partial charge >= 0.3 is 6.01 Å². The quantitative estimate of drug-likeness (QED) is 0.340. The molecule has 4 aliphatic heterocycles. The number of terminal acetylenes is 1. The number of nitrogens with zero attached hydrogens (tertiary/aromatic N) is 5. The number of benzene rings is 2. The Balaban J connectivity index is 1.32. The minimum Gasteiger partial charge on any atom is -0.508 e.